The van der Waals surface area contributed by atoms with Crippen LogP contribution in [0.4, 0.5) is 11.8 Å². The molecule has 0 aliphatic heterocycles. The lowest BCUT2D eigenvalue weighted by Crippen LogP contribution is -2.04. The molecule has 0 saturated heterocycles. The summed E-state index contributed by atoms with van der Waals surface area (Å²) in [5.74, 6) is 2.06. The second-order valence-corrected chi connectivity index (χ2v) is 6.73. The number of hydrogen-bond acceptors (Lipinski definition) is 7. The Morgan fingerprint density at radius 1 is 1.10 bits per heavy atom. The minimum Gasteiger partial charge on any atom is -0.329 e. The fourth-order valence-electron chi connectivity index (χ4n) is 3.15. The van der Waals surface area contributed by atoms with Crippen molar-refractivity contribution in [2.45, 2.75) is 6.42 Å². The first-order chi connectivity index (χ1) is 14.7. The minimum atomic E-state index is -0.128. The molecule has 0 unspecified atom stereocenters. The molecule has 0 atom stereocenters. The third kappa shape index (κ3) is 3.41. The number of anilines is 2. The molecule has 10 heteroatoms. The summed E-state index contributed by atoms with van der Waals surface area (Å²) in [6.45, 7) is 0. The van der Waals surface area contributed by atoms with Crippen molar-refractivity contribution >= 4 is 17.4 Å². The number of fused-ring (bicyclic) bond motifs is 1. The molecule has 0 saturated carbocycles. The average Bonchev–Trinajstić information content (AvgIpc) is 3.35. The van der Waals surface area contributed by atoms with E-state index in [1.54, 1.807) is 29.3 Å². The van der Waals surface area contributed by atoms with E-state index >= 15 is 0 Å². The van der Waals surface area contributed by atoms with Crippen LogP contribution in [0.5, 0.6) is 0 Å². The van der Waals surface area contributed by atoms with Gasteiger partial charge in [0.25, 0.3) is 0 Å². The van der Waals surface area contributed by atoms with Crippen LogP contribution in [-0.2, 0) is 13.5 Å². The first-order valence-corrected chi connectivity index (χ1v) is 9.25. The third-order valence-electron chi connectivity index (χ3n) is 4.70. The van der Waals surface area contributed by atoms with Crippen molar-refractivity contribution in [2.24, 2.45) is 7.05 Å². The molecule has 5 rings (SSSR count). The van der Waals surface area contributed by atoms with Gasteiger partial charge in [0.15, 0.2) is 5.65 Å². The lowest BCUT2D eigenvalue weighted by Gasteiger charge is -2.07. The molecule has 0 aliphatic rings. The van der Waals surface area contributed by atoms with E-state index in [0.717, 1.165) is 28.5 Å². The number of aryl methyl sites for hydroxylation is 1. The van der Waals surface area contributed by atoms with E-state index in [2.05, 4.69) is 35.6 Å². The van der Waals surface area contributed by atoms with E-state index in [4.69, 9.17) is 0 Å². The summed E-state index contributed by atoms with van der Waals surface area (Å²) in [7, 11) is 1.84. The molecular formula is C20H17N9O. The van der Waals surface area contributed by atoms with Gasteiger partial charge in [0.2, 0.25) is 11.5 Å². The molecule has 0 spiro atoms. The Bertz CT molecular complexity index is 1380. The second kappa shape index (κ2) is 7.24. The molecule has 0 fully saturated rings. The van der Waals surface area contributed by atoms with Crippen molar-refractivity contribution < 1.29 is 0 Å². The van der Waals surface area contributed by atoms with Crippen LogP contribution in [0, 0.1) is 0 Å². The van der Waals surface area contributed by atoms with Crippen LogP contribution >= 0.6 is 0 Å². The van der Waals surface area contributed by atoms with Gasteiger partial charge < -0.3 is 10.3 Å². The maximum atomic E-state index is 11.2. The Hall–Kier alpha value is -4.34. The van der Waals surface area contributed by atoms with Gasteiger partial charge in [0, 0.05) is 49.8 Å². The smallest absolute Gasteiger partial charge is 0.247 e. The van der Waals surface area contributed by atoms with Crippen LogP contribution in [0.3, 0.4) is 0 Å². The highest BCUT2D eigenvalue weighted by molar-refractivity contribution is 5.65. The number of aromatic amines is 1. The molecule has 0 bridgehead atoms. The van der Waals surface area contributed by atoms with Gasteiger partial charge in [-0.3, -0.25) is 13.9 Å². The van der Waals surface area contributed by atoms with E-state index in [-0.39, 0.29) is 5.56 Å². The van der Waals surface area contributed by atoms with Crippen LogP contribution in [0.15, 0.2) is 66.0 Å². The monoisotopic (exact) mass is 399 g/mol. The SMILES string of the molecule is Cn1nccc1Nc1nccc(-c2ccn3c(Cc4ccc(=O)[nH]c4)nnc3c2)n1. The zero-order valence-electron chi connectivity index (χ0n) is 16.0. The normalized spacial score (nSPS) is 11.1. The van der Waals surface area contributed by atoms with Crippen molar-refractivity contribution in [3.63, 3.8) is 0 Å². The Kier molecular flexibility index (Phi) is 4.28. The molecule has 0 radical (unpaired) electrons. The number of hydrogen-bond donors (Lipinski definition) is 2. The fraction of sp³-hybridized carbons (Fsp3) is 0.100. The summed E-state index contributed by atoms with van der Waals surface area (Å²) >= 11 is 0. The van der Waals surface area contributed by atoms with Gasteiger partial charge in [-0.2, -0.15) is 5.10 Å². The molecule has 148 valence electrons. The van der Waals surface area contributed by atoms with Crippen molar-refractivity contribution in [3.05, 3.63) is 82.9 Å². The Balaban J connectivity index is 1.43. The van der Waals surface area contributed by atoms with E-state index in [9.17, 15) is 4.79 Å². The summed E-state index contributed by atoms with van der Waals surface area (Å²) < 4.78 is 3.63. The number of nitrogens with one attached hydrogen (secondary N) is 2. The van der Waals surface area contributed by atoms with Gasteiger partial charge in [-0.25, -0.2) is 9.97 Å². The van der Waals surface area contributed by atoms with E-state index < -0.39 is 0 Å². The molecule has 5 aromatic heterocycles. The molecule has 0 amide bonds. The van der Waals surface area contributed by atoms with E-state index in [1.165, 1.54) is 6.07 Å². The lowest BCUT2D eigenvalue weighted by atomic mass is 10.2. The average molecular weight is 399 g/mol. The van der Waals surface area contributed by atoms with Gasteiger partial charge in [-0.1, -0.05) is 6.07 Å². The van der Waals surface area contributed by atoms with Crippen LogP contribution in [0.1, 0.15) is 11.4 Å². The predicted octanol–water partition coefficient (Wildman–Crippen LogP) is 1.94. The number of nitrogens with zero attached hydrogens (tertiary/aromatic N) is 7. The van der Waals surface area contributed by atoms with Crippen LogP contribution in [0.2, 0.25) is 0 Å². The van der Waals surface area contributed by atoms with E-state index in [0.29, 0.717) is 18.0 Å². The maximum absolute atomic E-state index is 11.2. The highest BCUT2D eigenvalue weighted by Crippen LogP contribution is 2.21. The first kappa shape index (κ1) is 17.7. The second-order valence-electron chi connectivity index (χ2n) is 6.73. The maximum Gasteiger partial charge on any atom is 0.247 e. The van der Waals surface area contributed by atoms with Crippen molar-refractivity contribution in [1.29, 1.82) is 0 Å². The van der Waals surface area contributed by atoms with Crippen molar-refractivity contribution in [3.8, 4) is 11.3 Å². The number of H-pyrrole nitrogens is 1. The molecule has 0 aromatic carbocycles. The van der Waals surface area contributed by atoms with Crippen molar-refractivity contribution in [2.75, 3.05) is 5.32 Å². The first-order valence-electron chi connectivity index (χ1n) is 9.25. The van der Waals surface area contributed by atoms with Gasteiger partial charge in [-0.05, 0) is 23.8 Å². The van der Waals surface area contributed by atoms with Gasteiger partial charge in [-0.15, -0.1) is 10.2 Å². The molecule has 5 aromatic rings. The Morgan fingerprint density at radius 3 is 2.83 bits per heavy atom. The molecule has 10 nitrogen and oxygen atoms in total. The molecular weight excluding hydrogens is 382 g/mol. The van der Waals surface area contributed by atoms with Crippen molar-refractivity contribution in [1.82, 2.24) is 39.3 Å². The largest absolute Gasteiger partial charge is 0.329 e. The highest BCUT2D eigenvalue weighted by atomic mass is 16.1. The molecule has 30 heavy (non-hydrogen) atoms. The standard InChI is InChI=1S/C20H17N9O/c1-28-16(5-8-23-28)25-20-21-7-4-15(24-20)14-6-9-29-17(26-27-18(29)11-14)10-13-2-3-19(30)22-12-13/h2-9,11-12H,10H2,1H3,(H,22,30)(H,21,24,25). The minimum absolute atomic E-state index is 0.128. The zero-order valence-corrected chi connectivity index (χ0v) is 16.0. The number of aromatic nitrogens is 8. The Labute approximate surface area is 170 Å². The number of pyridine rings is 2. The molecule has 0 aliphatic carbocycles. The quantitative estimate of drug-likeness (QED) is 0.464. The predicted molar refractivity (Wildman–Crippen MR) is 110 cm³/mol. The van der Waals surface area contributed by atoms with Crippen LogP contribution < -0.4 is 10.9 Å². The van der Waals surface area contributed by atoms with E-state index in [1.807, 2.05) is 41.9 Å². The number of rotatable bonds is 5. The van der Waals surface area contributed by atoms with Crippen LogP contribution in [-0.4, -0.2) is 39.3 Å². The Morgan fingerprint density at radius 2 is 2.03 bits per heavy atom. The zero-order chi connectivity index (χ0) is 20.5. The van der Waals surface area contributed by atoms with Gasteiger partial charge in [0.05, 0.1) is 11.9 Å². The van der Waals surface area contributed by atoms with Gasteiger partial charge >= 0.3 is 0 Å². The topological polar surface area (TPSA) is 119 Å². The van der Waals surface area contributed by atoms with Gasteiger partial charge in [0.1, 0.15) is 11.6 Å². The third-order valence-corrected chi connectivity index (χ3v) is 4.70. The summed E-state index contributed by atoms with van der Waals surface area (Å²) in [5.41, 5.74) is 3.21. The molecule has 2 N–H and O–H groups in total. The molecule has 5 heterocycles. The summed E-state index contributed by atoms with van der Waals surface area (Å²) in [6, 6.07) is 10.9. The lowest BCUT2D eigenvalue weighted by molar-refractivity contribution is 0.775. The summed E-state index contributed by atoms with van der Waals surface area (Å²) in [6.07, 6.45) is 7.58. The summed E-state index contributed by atoms with van der Waals surface area (Å²) in [4.78, 5) is 22.8. The summed E-state index contributed by atoms with van der Waals surface area (Å²) in [5, 5.41) is 15.9. The highest BCUT2D eigenvalue weighted by Gasteiger charge is 2.10. The van der Waals surface area contributed by atoms with Crippen LogP contribution in [0.25, 0.3) is 16.9 Å². The fourth-order valence-corrected chi connectivity index (χ4v) is 3.15.